The van der Waals surface area contributed by atoms with E-state index >= 15 is 0 Å². The van der Waals surface area contributed by atoms with Gasteiger partial charge in [-0.25, -0.2) is 0 Å². The summed E-state index contributed by atoms with van der Waals surface area (Å²) in [6, 6.07) is 15.9. The van der Waals surface area contributed by atoms with Crippen LogP contribution in [0.25, 0.3) is 10.8 Å². The molecule has 3 rings (SSSR count). The molecule has 0 heterocycles. The zero-order chi connectivity index (χ0) is 18.7. The molecule has 3 aromatic carbocycles. The third-order valence-electron chi connectivity index (χ3n) is 4.73. The van der Waals surface area contributed by atoms with E-state index in [9.17, 15) is 5.11 Å². The lowest BCUT2D eigenvalue weighted by Gasteiger charge is -2.21. The van der Waals surface area contributed by atoms with Gasteiger partial charge in [0.2, 0.25) is 0 Å². The predicted octanol–water partition coefficient (Wildman–Crippen LogP) is 4.50. The first-order valence-electron chi connectivity index (χ1n) is 8.63. The molecule has 0 radical (unpaired) electrons. The molecule has 0 fully saturated rings. The Balaban J connectivity index is 1.86. The zero-order valence-corrected chi connectivity index (χ0v) is 15.7. The third kappa shape index (κ3) is 3.60. The van der Waals surface area contributed by atoms with Crippen LogP contribution in [0.3, 0.4) is 0 Å². The lowest BCUT2D eigenvalue weighted by molar-refractivity contribution is 0.311. The molecule has 0 spiro atoms. The maximum absolute atomic E-state index is 10.4. The average Bonchev–Trinajstić information content (AvgIpc) is 2.65. The highest BCUT2D eigenvalue weighted by atomic mass is 16.5. The van der Waals surface area contributed by atoms with Crippen molar-refractivity contribution < 1.29 is 14.6 Å². The Kier molecular flexibility index (Phi) is 5.33. The summed E-state index contributed by atoms with van der Waals surface area (Å²) in [6.07, 6.45) is 0. The Morgan fingerprint density at radius 2 is 1.62 bits per heavy atom. The molecule has 0 aliphatic carbocycles. The van der Waals surface area contributed by atoms with Gasteiger partial charge in [-0.3, -0.25) is 4.90 Å². The minimum Gasteiger partial charge on any atom is -0.508 e. The molecule has 3 aromatic rings. The van der Waals surface area contributed by atoms with Crippen molar-refractivity contribution in [3.63, 3.8) is 0 Å². The Morgan fingerprint density at radius 1 is 0.923 bits per heavy atom. The van der Waals surface area contributed by atoms with E-state index in [0.717, 1.165) is 39.9 Å². The molecule has 0 saturated carbocycles. The molecule has 0 aromatic heterocycles. The summed E-state index contributed by atoms with van der Waals surface area (Å²) in [7, 11) is 5.35. The summed E-state index contributed by atoms with van der Waals surface area (Å²) in [4.78, 5) is 2.19. The number of hydrogen-bond acceptors (Lipinski definition) is 4. The number of hydrogen-bond donors (Lipinski definition) is 1. The fourth-order valence-electron chi connectivity index (χ4n) is 3.30. The summed E-state index contributed by atoms with van der Waals surface area (Å²) < 4.78 is 10.8. The number of ether oxygens (including phenoxy) is 2. The number of rotatable bonds is 6. The van der Waals surface area contributed by atoms with Crippen molar-refractivity contribution >= 4 is 10.8 Å². The van der Waals surface area contributed by atoms with Crippen LogP contribution in [-0.2, 0) is 13.1 Å². The van der Waals surface area contributed by atoms with Gasteiger partial charge in [-0.2, -0.15) is 0 Å². The first kappa shape index (κ1) is 18.1. The van der Waals surface area contributed by atoms with Crippen molar-refractivity contribution in [1.82, 2.24) is 4.90 Å². The van der Waals surface area contributed by atoms with Crippen LogP contribution in [0.4, 0.5) is 0 Å². The molecule has 26 heavy (non-hydrogen) atoms. The number of methoxy groups -OCH3 is 2. The molecule has 0 unspecified atom stereocenters. The summed E-state index contributed by atoms with van der Waals surface area (Å²) in [5.74, 6) is 1.80. The molecule has 1 N–H and O–H groups in total. The van der Waals surface area contributed by atoms with Crippen molar-refractivity contribution in [2.45, 2.75) is 20.0 Å². The number of phenolic OH excluding ortho intramolecular Hbond substituents is 1. The standard InChI is InChI=1S/C22H25NO3/c1-15-11-21(25-3)22(26-4)12-17(15)13-23(2)14-19-18-8-6-5-7-16(18)9-10-20(19)24/h5-12,24H,13-14H2,1-4H3. The smallest absolute Gasteiger partial charge is 0.161 e. The molecule has 136 valence electrons. The van der Waals surface area contributed by atoms with Gasteiger partial charge >= 0.3 is 0 Å². The van der Waals surface area contributed by atoms with Crippen LogP contribution in [0.5, 0.6) is 17.2 Å². The fourth-order valence-corrected chi connectivity index (χ4v) is 3.30. The Morgan fingerprint density at radius 3 is 2.35 bits per heavy atom. The SMILES string of the molecule is COc1cc(C)c(CN(C)Cc2c(O)ccc3ccccc23)cc1OC. The van der Waals surface area contributed by atoms with E-state index in [0.29, 0.717) is 12.3 Å². The Labute approximate surface area is 154 Å². The third-order valence-corrected chi connectivity index (χ3v) is 4.73. The minimum atomic E-state index is 0.333. The van der Waals surface area contributed by atoms with Crippen molar-refractivity contribution in [2.24, 2.45) is 0 Å². The number of phenols is 1. The fraction of sp³-hybridized carbons (Fsp3) is 0.273. The molecule has 0 aliphatic heterocycles. The lowest BCUT2D eigenvalue weighted by atomic mass is 10.0. The zero-order valence-electron chi connectivity index (χ0n) is 15.7. The van der Waals surface area contributed by atoms with Crippen LogP contribution in [0.15, 0.2) is 48.5 Å². The van der Waals surface area contributed by atoms with E-state index in [2.05, 4.69) is 31.0 Å². The van der Waals surface area contributed by atoms with Crippen molar-refractivity contribution in [2.75, 3.05) is 21.3 Å². The molecular formula is C22H25NO3. The summed E-state index contributed by atoms with van der Waals surface area (Å²) in [5, 5.41) is 12.6. The lowest BCUT2D eigenvalue weighted by Crippen LogP contribution is -2.18. The van der Waals surface area contributed by atoms with Crippen LogP contribution in [0, 0.1) is 6.92 Å². The van der Waals surface area contributed by atoms with E-state index in [-0.39, 0.29) is 0 Å². The van der Waals surface area contributed by atoms with E-state index in [1.165, 1.54) is 5.56 Å². The summed E-state index contributed by atoms with van der Waals surface area (Å²) in [5.41, 5.74) is 3.27. The number of nitrogens with zero attached hydrogens (tertiary/aromatic N) is 1. The first-order chi connectivity index (χ1) is 12.5. The second kappa shape index (κ2) is 7.67. The van der Waals surface area contributed by atoms with Gasteiger partial charge in [0.05, 0.1) is 14.2 Å². The quantitative estimate of drug-likeness (QED) is 0.710. The maximum Gasteiger partial charge on any atom is 0.161 e. The van der Waals surface area contributed by atoms with E-state index in [4.69, 9.17) is 9.47 Å². The van der Waals surface area contributed by atoms with Gasteiger partial charge in [0.25, 0.3) is 0 Å². The van der Waals surface area contributed by atoms with Crippen molar-refractivity contribution in [3.05, 3.63) is 65.2 Å². The molecule has 0 atom stereocenters. The van der Waals surface area contributed by atoms with Gasteiger partial charge in [-0.1, -0.05) is 30.3 Å². The van der Waals surface area contributed by atoms with Crippen LogP contribution < -0.4 is 9.47 Å². The second-order valence-electron chi connectivity index (χ2n) is 6.59. The van der Waals surface area contributed by atoms with Crippen molar-refractivity contribution in [3.8, 4) is 17.2 Å². The number of aromatic hydroxyl groups is 1. The number of aryl methyl sites for hydroxylation is 1. The molecule has 0 aliphatic rings. The van der Waals surface area contributed by atoms with Crippen LogP contribution in [0.1, 0.15) is 16.7 Å². The topological polar surface area (TPSA) is 41.9 Å². The Hall–Kier alpha value is -2.72. The molecular weight excluding hydrogens is 326 g/mol. The Bertz CT molecular complexity index is 921. The minimum absolute atomic E-state index is 0.333. The molecule has 0 bridgehead atoms. The largest absolute Gasteiger partial charge is 0.508 e. The predicted molar refractivity (Wildman–Crippen MR) is 105 cm³/mol. The van der Waals surface area contributed by atoms with Crippen LogP contribution >= 0.6 is 0 Å². The van der Waals surface area contributed by atoms with E-state index in [1.807, 2.05) is 30.3 Å². The first-order valence-corrected chi connectivity index (χ1v) is 8.63. The van der Waals surface area contributed by atoms with Crippen LogP contribution in [0.2, 0.25) is 0 Å². The summed E-state index contributed by atoms with van der Waals surface area (Å²) >= 11 is 0. The van der Waals surface area contributed by atoms with Gasteiger partial charge in [0.1, 0.15) is 5.75 Å². The summed E-state index contributed by atoms with van der Waals surface area (Å²) in [6.45, 7) is 3.47. The molecule has 4 heteroatoms. The molecule has 4 nitrogen and oxygen atoms in total. The van der Waals surface area contributed by atoms with Gasteiger partial charge in [-0.15, -0.1) is 0 Å². The highest BCUT2D eigenvalue weighted by Crippen LogP contribution is 2.32. The molecule has 0 saturated heterocycles. The maximum atomic E-state index is 10.4. The second-order valence-corrected chi connectivity index (χ2v) is 6.59. The number of fused-ring (bicyclic) bond motifs is 1. The van der Waals surface area contributed by atoms with E-state index < -0.39 is 0 Å². The monoisotopic (exact) mass is 351 g/mol. The van der Waals surface area contributed by atoms with E-state index in [1.54, 1.807) is 20.3 Å². The number of benzene rings is 3. The van der Waals surface area contributed by atoms with Gasteiger partial charge in [-0.05, 0) is 54.1 Å². The molecule has 0 amide bonds. The highest BCUT2D eigenvalue weighted by molar-refractivity contribution is 5.87. The van der Waals surface area contributed by atoms with Gasteiger partial charge < -0.3 is 14.6 Å². The van der Waals surface area contributed by atoms with Gasteiger partial charge in [0, 0.05) is 18.7 Å². The average molecular weight is 351 g/mol. The van der Waals surface area contributed by atoms with Crippen LogP contribution in [-0.4, -0.2) is 31.3 Å². The highest BCUT2D eigenvalue weighted by Gasteiger charge is 2.13. The van der Waals surface area contributed by atoms with Gasteiger partial charge in [0.15, 0.2) is 11.5 Å². The van der Waals surface area contributed by atoms with Crippen molar-refractivity contribution in [1.29, 1.82) is 0 Å². The normalized spacial score (nSPS) is 11.1.